The second-order valence-electron chi connectivity index (χ2n) is 5.21. The van der Waals surface area contributed by atoms with Crippen LogP contribution in [0.25, 0.3) is 0 Å². The number of aliphatic carboxylic acids is 1. The van der Waals surface area contributed by atoms with Gasteiger partial charge >= 0.3 is 5.97 Å². The Kier molecular flexibility index (Phi) is 3.88. The standard InChI is InChI=1S/C13H18FNO2/c1-13(2,3)9-5-4-8(6-10(9)14)7-11(15)12(16)17/h4-6,11H,7,15H2,1-3H3,(H,16,17). The zero-order valence-electron chi connectivity index (χ0n) is 10.3. The van der Waals surface area contributed by atoms with Crippen LogP contribution in [0.5, 0.6) is 0 Å². The SMILES string of the molecule is CC(C)(C)c1ccc(CC(N)C(=O)O)cc1F. The van der Waals surface area contributed by atoms with Gasteiger partial charge in [-0.25, -0.2) is 4.39 Å². The average molecular weight is 239 g/mol. The van der Waals surface area contributed by atoms with Gasteiger partial charge in [0, 0.05) is 0 Å². The lowest BCUT2D eigenvalue weighted by Gasteiger charge is -2.20. The van der Waals surface area contributed by atoms with Crippen LogP contribution in [0.15, 0.2) is 18.2 Å². The van der Waals surface area contributed by atoms with E-state index in [9.17, 15) is 9.18 Å². The molecule has 1 rings (SSSR count). The maximum atomic E-state index is 13.8. The third-order valence-corrected chi connectivity index (χ3v) is 2.61. The van der Waals surface area contributed by atoms with Crippen LogP contribution >= 0.6 is 0 Å². The fourth-order valence-corrected chi connectivity index (χ4v) is 1.64. The minimum Gasteiger partial charge on any atom is -0.480 e. The van der Waals surface area contributed by atoms with Gasteiger partial charge in [-0.15, -0.1) is 0 Å². The summed E-state index contributed by atoms with van der Waals surface area (Å²) >= 11 is 0. The number of halogens is 1. The molecule has 0 bridgehead atoms. The average Bonchev–Trinajstić information content (AvgIpc) is 2.15. The first-order valence-corrected chi connectivity index (χ1v) is 5.49. The zero-order chi connectivity index (χ0) is 13.2. The maximum absolute atomic E-state index is 13.8. The predicted octanol–water partition coefficient (Wildman–Crippen LogP) is 2.08. The molecule has 0 fully saturated rings. The van der Waals surface area contributed by atoms with E-state index in [1.807, 2.05) is 20.8 Å². The normalized spacial score (nSPS) is 13.5. The number of nitrogens with two attached hydrogens (primary N) is 1. The summed E-state index contributed by atoms with van der Waals surface area (Å²) in [5, 5.41) is 8.68. The van der Waals surface area contributed by atoms with Gasteiger partial charge in [0.1, 0.15) is 11.9 Å². The summed E-state index contributed by atoms with van der Waals surface area (Å²) in [7, 11) is 0. The monoisotopic (exact) mass is 239 g/mol. The van der Waals surface area contributed by atoms with Crippen molar-refractivity contribution in [1.82, 2.24) is 0 Å². The van der Waals surface area contributed by atoms with Gasteiger partial charge < -0.3 is 10.8 Å². The molecule has 0 aliphatic rings. The third kappa shape index (κ3) is 3.53. The largest absolute Gasteiger partial charge is 0.480 e. The molecule has 0 spiro atoms. The van der Waals surface area contributed by atoms with Crippen LogP contribution in [-0.2, 0) is 16.6 Å². The molecular formula is C13H18FNO2. The van der Waals surface area contributed by atoms with Gasteiger partial charge in [0.25, 0.3) is 0 Å². The van der Waals surface area contributed by atoms with E-state index in [1.165, 1.54) is 6.07 Å². The van der Waals surface area contributed by atoms with Gasteiger partial charge in [0.2, 0.25) is 0 Å². The molecule has 3 nitrogen and oxygen atoms in total. The Morgan fingerprint density at radius 2 is 2.06 bits per heavy atom. The van der Waals surface area contributed by atoms with Crippen LogP contribution in [0.2, 0.25) is 0 Å². The van der Waals surface area contributed by atoms with Gasteiger partial charge in [-0.2, -0.15) is 0 Å². The number of carboxylic acids is 1. The van der Waals surface area contributed by atoms with Crippen molar-refractivity contribution in [2.24, 2.45) is 5.73 Å². The van der Waals surface area contributed by atoms with E-state index in [2.05, 4.69) is 0 Å². The zero-order valence-corrected chi connectivity index (χ0v) is 10.3. The van der Waals surface area contributed by atoms with Crippen molar-refractivity contribution in [1.29, 1.82) is 0 Å². The van der Waals surface area contributed by atoms with Crippen molar-refractivity contribution >= 4 is 5.97 Å². The number of rotatable bonds is 3. The minimum absolute atomic E-state index is 0.136. The van der Waals surface area contributed by atoms with E-state index >= 15 is 0 Å². The van der Waals surface area contributed by atoms with Crippen molar-refractivity contribution in [3.63, 3.8) is 0 Å². The molecule has 1 aromatic carbocycles. The van der Waals surface area contributed by atoms with Crippen molar-refractivity contribution in [3.05, 3.63) is 35.1 Å². The lowest BCUT2D eigenvalue weighted by Crippen LogP contribution is -2.32. The van der Waals surface area contributed by atoms with E-state index in [-0.39, 0.29) is 17.7 Å². The lowest BCUT2D eigenvalue weighted by atomic mass is 9.86. The molecule has 1 unspecified atom stereocenters. The first kappa shape index (κ1) is 13.6. The topological polar surface area (TPSA) is 63.3 Å². The minimum atomic E-state index is -1.08. The molecule has 0 saturated carbocycles. The summed E-state index contributed by atoms with van der Waals surface area (Å²) in [5.41, 5.74) is 6.35. The van der Waals surface area contributed by atoms with Crippen LogP contribution in [0.4, 0.5) is 4.39 Å². The van der Waals surface area contributed by atoms with Crippen LogP contribution in [-0.4, -0.2) is 17.1 Å². The second kappa shape index (κ2) is 4.84. The summed E-state index contributed by atoms with van der Waals surface area (Å²) in [5.74, 6) is -1.39. The van der Waals surface area contributed by atoms with Crippen molar-refractivity contribution < 1.29 is 14.3 Å². The number of benzene rings is 1. The highest BCUT2D eigenvalue weighted by molar-refractivity contribution is 5.73. The van der Waals surface area contributed by atoms with Gasteiger partial charge in [-0.1, -0.05) is 32.9 Å². The molecule has 0 aromatic heterocycles. The summed E-state index contributed by atoms with van der Waals surface area (Å²) in [6, 6.07) is 3.80. The van der Waals surface area contributed by atoms with Crippen LogP contribution in [0, 0.1) is 5.82 Å². The van der Waals surface area contributed by atoms with Crippen LogP contribution < -0.4 is 5.73 Å². The van der Waals surface area contributed by atoms with Crippen molar-refractivity contribution in [3.8, 4) is 0 Å². The predicted molar refractivity (Wildman–Crippen MR) is 64.4 cm³/mol. The van der Waals surface area contributed by atoms with Crippen LogP contribution in [0.1, 0.15) is 31.9 Å². The molecule has 94 valence electrons. The summed E-state index contributed by atoms with van der Waals surface area (Å²) in [4.78, 5) is 10.6. The van der Waals surface area contributed by atoms with Crippen molar-refractivity contribution in [2.75, 3.05) is 0 Å². The van der Waals surface area contributed by atoms with E-state index in [0.717, 1.165) is 0 Å². The summed E-state index contributed by atoms with van der Waals surface area (Å²) in [6.07, 6.45) is 0.136. The summed E-state index contributed by atoms with van der Waals surface area (Å²) < 4.78 is 13.8. The van der Waals surface area contributed by atoms with Gasteiger partial charge in [-0.3, -0.25) is 4.79 Å². The van der Waals surface area contributed by atoms with E-state index in [1.54, 1.807) is 12.1 Å². The van der Waals surface area contributed by atoms with E-state index < -0.39 is 12.0 Å². The molecular weight excluding hydrogens is 221 g/mol. The molecule has 0 aliphatic carbocycles. The van der Waals surface area contributed by atoms with Crippen molar-refractivity contribution in [2.45, 2.75) is 38.6 Å². The first-order chi connectivity index (χ1) is 7.71. The number of carboxylic acid groups (broad SMARTS) is 1. The first-order valence-electron chi connectivity index (χ1n) is 5.49. The van der Waals surface area contributed by atoms with Gasteiger partial charge in [-0.05, 0) is 29.0 Å². The number of hydrogen-bond donors (Lipinski definition) is 2. The Morgan fingerprint density at radius 3 is 2.47 bits per heavy atom. The Bertz CT molecular complexity index is 424. The molecule has 1 aromatic rings. The van der Waals surface area contributed by atoms with Crippen LogP contribution in [0.3, 0.4) is 0 Å². The van der Waals surface area contributed by atoms with E-state index in [0.29, 0.717) is 11.1 Å². The smallest absolute Gasteiger partial charge is 0.320 e. The third-order valence-electron chi connectivity index (χ3n) is 2.61. The van der Waals surface area contributed by atoms with Gasteiger partial charge in [0.05, 0.1) is 0 Å². The lowest BCUT2D eigenvalue weighted by molar-refractivity contribution is -0.138. The highest BCUT2D eigenvalue weighted by atomic mass is 19.1. The molecule has 0 radical (unpaired) electrons. The molecule has 0 heterocycles. The molecule has 0 amide bonds. The quantitative estimate of drug-likeness (QED) is 0.848. The maximum Gasteiger partial charge on any atom is 0.320 e. The Balaban J connectivity index is 2.94. The molecule has 0 saturated heterocycles. The molecule has 4 heteroatoms. The summed E-state index contributed by atoms with van der Waals surface area (Å²) in [6.45, 7) is 5.77. The van der Waals surface area contributed by atoms with E-state index in [4.69, 9.17) is 10.8 Å². The molecule has 3 N–H and O–H groups in total. The second-order valence-corrected chi connectivity index (χ2v) is 5.21. The Hall–Kier alpha value is -1.42. The fourth-order valence-electron chi connectivity index (χ4n) is 1.64. The molecule has 0 aliphatic heterocycles. The molecule has 1 atom stereocenters. The Labute approximate surface area is 100 Å². The molecule has 17 heavy (non-hydrogen) atoms. The highest BCUT2D eigenvalue weighted by Gasteiger charge is 2.19. The highest BCUT2D eigenvalue weighted by Crippen LogP contribution is 2.25. The fraction of sp³-hybridized carbons (Fsp3) is 0.462. The number of hydrogen-bond acceptors (Lipinski definition) is 2. The Morgan fingerprint density at radius 1 is 1.47 bits per heavy atom. The number of carbonyl (C=O) groups is 1. The van der Waals surface area contributed by atoms with Gasteiger partial charge in [0.15, 0.2) is 0 Å².